The van der Waals surface area contributed by atoms with E-state index in [0.717, 1.165) is 24.9 Å². The number of hydrogen-bond donors (Lipinski definition) is 1. The maximum Gasteiger partial charge on any atom is 0.257 e. The summed E-state index contributed by atoms with van der Waals surface area (Å²) >= 11 is 0. The summed E-state index contributed by atoms with van der Waals surface area (Å²) in [6, 6.07) is 3.67. The number of aryl methyl sites for hydroxylation is 1. The fourth-order valence-corrected chi connectivity index (χ4v) is 3.69. The van der Waals surface area contributed by atoms with Crippen LogP contribution in [-0.4, -0.2) is 39.9 Å². The van der Waals surface area contributed by atoms with Gasteiger partial charge in [0.2, 0.25) is 0 Å². The Labute approximate surface area is 142 Å². The Morgan fingerprint density at radius 1 is 1.38 bits per heavy atom. The lowest BCUT2D eigenvalue weighted by Crippen LogP contribution is -2.54. The summed E-state index contributed by atoms with van der Waals surface area (Å²) < 4.78 is 13.7. The molecule has 0 radical (unpaired) electrons. The second-order valence-electron chi connectivity index (χ2n) is 6.58. The lowest BCUT2D eigenvalue weighted by molar-refractivity contribution is -0.177. The number of nitrogens with zero attached hydrogens (tertiary/aromatic N) is 2. The van der Waals surface area contributed by atoms with Crippen LogP contribution in [0.1, 0.15) is 45.1 Å². The molecule has 3 aliphatic rings. The van der Waals surface area contributed by atoms with E-state index in [1.807, 2.05) is 38.1 Å². The summed E-state index contributed by atoms with van der Waals surface area (Å²) in [5.41, 5.74) is 0.918. The first-order chi connectivity index (χ1) is 11.6. The summed E-state index contributed by atoms with van der Waals surface area (Å²) in [7, 11) is 1.85. The molecule has 1 amide bonds. The van der Waals surface area contributed by atoms with Crippen LogP contribution in [0.4, 0.5) is 0 Å². The molecule has 4 rings (SSSR count). The maximum absolute atomic E-state index is 12.4. The molecule has 1 aromatic rings. The number of carbonyl (C=O) groups excluding carboxylic acids is 1. The number of aromatic nitrogens is 1. The molecular formula is C18H27N3O3. The lowest BCUT2D eigenvalue weighted by atomic mass is 9.76. The third-order valence-electron chi connectivity index (χ3n) is 5.01. The van der Waals surface area contributed by atoms with E-state index in [-0.39, 0.29) is 18.2 Å². The lowest BCUT2D eigenvalue weighted by Gasteiger charge is -2.42. The SMILES string of the molecule is CC.Cn1cc(COC2CC3(C2)OC2CCCN2C3=O)ccc1=N. The Hall–Kier alpha value is -1.66. The van der Waals surface area contributed by atoms with E-state index in [0.29, 0.717) is 24.9 Å². The van der Waals surface area contributed by atoms with Crippen LogP contribution in [0.25, 0.3) is 0 Å². The van der Waals surface area contributed by atoms with E-state index >= 15 is 0 Å². The van der Waals surface area contributed by atoms with Gasteiger partial charge in [0.15, 0.2) is 5.60 Å². The van der Waals surface area contributed by atoms with Gasteiger partial charge in [-0.3, -0.25) is 10.2 Å². The van der Waals surface area contributed by atoms with Gasteiger partial charge in [0.05, 0.1) is 12.7 Å². The topological polar surface area (TPSA) is 67.6 Å². The van der Waals surface area contributed by atoms with E-state index in [9.17, 15) is 4.79 Å². The number of fused-ring (bicyclic) bond motifs is 1. The average Bonchev–Trinajstić information content (AvgIpc) is 3.11. The monoisotopic (exact) mass is 333 g/mol. The molecule has 3 heterocycles. The largest absolute Gasteiger partial charge is 0.373 e. The third kappa shape index (κ3) is 2.89. The summed E-state index contributed by atoms with van der Waals surface area (Å²) in [5.74, 6) is 0.166. The van der Waals surface area contributed by atoms with Gasteiger partial charge in [0.25, 0.3) is 5.91 Å². The van der Waals surface area contributed by atoms with E-state index in [4.69, 9.17) is 14.9 Å². The van der Waals surface area contributed by atoms with Crippen molar-refractivity contribution in [3.05, 3.63) is 29.4 Å². The normalized spacial score (nSPS) is 30.8. The van der Waals surface area contributed by atoms with Gasteiger partial charge >= 0.3 is 0 Å². The predicted octanol–water partition coefficient (Wildman–Crippen LogP) is 1.93. The number of amides is 1. The molecule has 1 aromatic heterocycles. The highest BCUT2D eigenvalue weighted by molar-refractivity contribution is 5.88. The molecule has 2 aliphatic heterocycles. The summed E-state index contributed by atoms with van der Waals surface area (Å²) in [6.45, 7) is 5.35. The number of pyridine rings is 1. The quantitative estimate of drug-likeness (QED) is 0.919. The van der Waals surface area contributed by atoms with Crippen molar-refractivity contribution < 1.29 is 14.3 Å². The van der Waals surface area contributed by atoms with E-state index < -0.39 is 5.60 Å². The molecule has 6 heteroatoms. The van der Waals surface area contributed by atoms with Crippen LogP contribution in [0.15, 0.2) is 18.3 Å². The van der Waals surface area contributed by atoms with Gasteiger partial charge < -0.3 is 18.9 Å². The molecule has 3 fully saturated rings. The first kappa shape index (κ1) is 17.2. The Morgan fingerprint density at radius 3 is 2.79 bits per heavy atom. The fourth-order valence-electron chi connectivity index (χ4n) is 3.69. The van der Waals surface area contributed by atoms with Crippen LogP contribution >= 0.6 is 0 Å². The van der Waals surface area contributed by atoms with Crippen LogP contribution in [0.3, 0.4) is 0 Å². The maximum atomic E-state index is 12.4. The van der Waals surface area contributed by atoms with Crippen molar-refractivity contribution in [3.63, 3.8) is 0 Å². The highest BCUT2D eigenvalue weighted by atomic mass is 16.6. The highest BCUT2D eigenvalue weighted by Gasteiger charge is 2.61. The molecule has 0 aromatic carbocycles. The second-order valence-corrected chi connectivity index (χ2v) is 6.58. The number of carbonyl (C=O) groups is 1. The summed E-state index contributed by atoms with van der Waals surface area (Å²) in [6.07, 6.45) is 5.36. The molecule has 1 saturated carbocycles. The van der Waals surface area contributed by atoms with Crippen molar-refractivity contribution in [2.45, 2.75) is 64.1 Å². The molecule has 1 unspecified atom stereocenters. The Kier molecular flexibility index (Phi) is 4.78. The number of rotatable bonds is 3. The van der Waals surface area contributed by atoms with Crippen molar-refractivity contribution in [2.75, 3.05) is 6.54 Å². The van der Waals surface area contributed by atoms with Crippen molar-refractivity contribution in [2.24, 2.45) is 7.05 Å². The standard InChI is InChI=1S/C16H21N3O3.C2H6/c1-18-9-11(4-5-13(18)17)10-21-12-7-16(8-12)15(20)19-6-2-3-14(19)22-16;1-2/h4-5,9,12,14,17H,2-3,6-8,10H2,1H3;1-2H3. The molecule has 0 bridgehead atoms. The van der Waals surface area contributed by atoms with Crippen molar-refractivity contribution in [3.8, 4) is 0 Å². The molecule has 1 atom stereocenters. The average molecular weight is 333 g/mol. The second kappa shape index (κ2) is 6.69. The van der Waals surface area contributed by atoms with Crippen molar-refractivity contribution >= 4 is 5.91 Å². The van der Waals surface area contributed by atoms with Gasteiger partial charge in [-0.15, -0.1) is 0 Å². The molecule has 1 aliphatic carbocycles. The minimum absolute atomic E-state index is 0.0112. The summed E-state index contributed by atoms with van der Waals surface area (Å²) in [4.78, 5) is 14.3. The van der Waals surface area contributed by atoms with Crippen LogP contribution in [0.2, 0.25) is 0 Å². The first-order valence-corrected chi connectivity index (χ1v) is 8.88. The van der Waals surface area contributed by atoms with Crippen LogP contribution in [-0.2, 0) is 27.9 Å². The fraction of sp³-hybridized carbons (Fsp3) is 0.667. The number of hydrogen-bond acceptors (Lipinski definition) is 4. The van der Waals surface area contributed by atoms with Gasteiger partial charge in [-0.05, 0) is 24.5 Å². The molecular weight excluding hydrogens is 306 g/mol. The summed E-state index contributed by atoms with van der Waals surface area (Å²) in [5, 5.41) is 7.64. The van der Waals surface area contributed by atoms with Gasteiger partial charge in [0, 0.05) is 32.6 Å². The number of nitrogens with one attached hydrogen (secondary N) is 1. The molecule has 24 heavy (non-hydrogen) atoms. The molecule has 1 N–H and O–H groups in total. The van der Waals surface area contributed by atoms with Crippen molar-refractivity contribution in [1.29, 1.82) is 5.41 Å². The van der Waals surface area contributed by atoms with Gasteiger partial charge in [-0.2, -0.15) is 0 Å². The van der Waals surface area contributed by atoms with Crippen molar-refractivity contribution in [1.82, 2.24) is 9.47 Å². The molecule has 6 nitrogen and oxygen atoms in total. The zero-order valence-electron chi connectivity index (χ0n) is 14.7. The highest BCUT2D eigenvalue weighted by Crippen LogP contribution is 2.47. The smallest absolute Gasteiger partial charge is 0.257 e. The van der Waals surface area contributed by atoms with E-state index in [1.54, 1.807) is 10.6 Å². The van der Waals surface area contributed by atoms with Gasteiger partial charge in [-0.25, -0.2) is 0 Å². The molecule has 1 spiro atoms. The Balaban J connectivity index is 0.000000815. The van der Waals surface area contributed by atoms with E-state index in [1.165, 1.54) is 0 Å². The first-order valence-electron chi connectivity index (χ1n) is 8.88. The van der Waals surface area contributed by atoms with Gasteiger partial charge in [0.1, 0.15) is 11.7 Å². The van der Waals surface area contributed by atoms with Gasteiger partial charge in [-0.1, -0.05) is 19.9 Å². The predicted molar refractivity (Wildman–Crippen MR) is 89.0 cm³/mol. The molecule has 2 saturated heterocycles. The van der Waals surface area contributed by atoms with Crippen LogP contribution in [0, 0.1) is 5.41 Å². The minimum Gasteiger partial charge on any atom is -0.373 e. The van der Waals surface area contributed by atoms with E-state index in [2.05, 4.69) is 0 Å². The van der Waals surface area contributed by atoms with Crippen LogP contribution < -0.4 is 5.49 Å². The zero-order valence-corrected chi connectivity index (χ0v) is 14.7. The van der Waals surface area contributed by atoms with Crippen LogP contribution in [0.5, 0.6) is 0 Å². The Morgan fingerprint density at radius 2 is 2.12 bits per heavy atom. The molecule has 132 valence electrons. The Bertz CT molecular complexity index is 664. The minimum atomic E-state index is -0.592. The zero-order chi connectivity index (χ0) is 17.3. The number of ether oxygens (including phenoxy) is 2. The third-order valence-corrected chi connectivity index (χ3v) is 5.01.